The Morgan fingerprint density at radius 3 is 2.95 bits per heavy atom. The summed E-state index contributed by atoms with van der Waals surface area (Å²) in [5, 5.41) is 10.7. The van der Waals surface area contributed by atoms with E-state index in [9.17, 15) is 4.79 Å². The van der Waals surface area contributed by atoms with Crippen molar-refractivity contribution < 1.29 is 9.90 Å². The Balaban J connectivity index is 2.27. The summed E-state index contributed by atoms with van der Waals surface area (Å²) in [5.41, 5.74) is 1.18. The van der Waals surface area contributed by atoms with Crippen molar-refractivity contribution >= 4 is 57.5 Å². The molecule has 0 aromatic heterocycles. The first kappa shape index (κ1) is 15.4. The summed E-state index contributed by atoms with van der Waals surface area (Å²) in [6.45, 7) is 1.83. The molecule has 1 heterocycles. The van der Waals surface area contributed by atoms with Gasteiger partial charge in [-0.05, 0) is 24.6 Å². The van der Waals surface area contributed by atoms with Gasteiger partial charge in [0.05, 0.1) is 16.6 Å². The zero-order valence-corrected chi connectivity index (χ0v) is 13.0. The number of thioether (sulfide) groups is 1. The topological polar surface area (TPSA) is 62.0 Å². The molecule has 2 rings (SSSR count). The second-order valence-electron chi connectivity index (χ2n) is 4.18. The molecule has 1 aromatic rings. The summed E-state index contributed by atoms with van der Waals surface area (Å²) < 4.78 is 0. The lowest BCUT2D eigenvalue weighted by molar-refractivity contribution is -0.139. The van der Waals surface area contributed by atoms with Gasteiger partial charge in [-0.1, -0.05) is 41.9 Å². The van der Waals surface area contributed by atoms with Gasteiger partial charge in [0.25, 0.3) is 0 Å². The lowest BCUT2D eigenvalue weighted by atomic mass is 10.0. The van der Waals surface area contributed by atoms with E-state index in [4.69, 9.17) is 28.3 Å². The van der Waals surface area contributed by atoms with Crippen molar-refractivity contribution in [3.05, 3.63) is 28.2 Å². The van der Waals surface area contributed by atoms with Gasteiger partial charge in [0, 0.05) is 16.5 Å². The van der Waals surface area contributed by atoms with Crippen LogP contribution in [0.4, 0.5) is 5.69 Å². The molecule has 0 saturated carbocycles. The first-order chi connectivity index (χ1) is 9.51. The number of hydrogen-bond donors (Lipinski definition) is 1. The summed E-state index contributed by atoms with van der Waals surface area (Å²) in [6, 6.07) is 5.00. The molecule has 106 valence electrons. The van der Waals surface area contributed by atoms with E-state index >= 15 is 0 Å². The van der Waals surface area contributed by atoms with Crippen LogP contribution in [0.2, 0.25) is 10.0 Å². The van der Waals surface area contributed by atoms with Crippen LogP contribution in [-0.2, 0) is 4.79 Å². The molecule has 0 radical (unpaired) electrons. The van der Waals surface area contributed by atoms with Gasteiger partial charge in [-0.2, -0.15) is 0 Å². The van der Waals surface area contributed by atoms with Gasteiger partial charge in [-0.3, -0.25) is 4.79 Å². The first-order valence-electron chi connectivity index (χ1n) is 5.98. The number of halogens is 2. The fraction of sp³-hybridized carbons (Fsp3) is 0.308. The highest BCUT2D eigenvalue weighted by molar-refractivity contribution is 8.15. The van der Waals surface area contributed by atoms with E-state index in [0.29, 0.717) is 38.8 Å². The van der Waals surface area contributed by atoms with E-state index in [0.717, 1.165) is 0 Å². The number of hydrogen-bond acceptors (Lipinski definition) is 3. The highest BCUT2D eigenvalue weighted by Gasteiger charge is 2.26. The minimum Gasteiger partial charge on any atom is -0.481 e. The predicted octanol–water partition coefficient (Wildman–Crippen LogP) is 4.28. The number of aliphatic carboxylic acids is 1. The number of nitrogens with zero attached hydrogens (tertiary/aromatic N) is 2. The molecular formula is C13H12Cl2N2O2S. The van der Waals surface area contributed by atoms with Gasteiger partial charge in [0.15, 0.2) is 5.17 Å². The van der Waals surface area contributed by atoms with E-state index in [1.165, 1.54) is 11.8 Å². The van der Waals surface area contributed by atoms with Crippen molar-refractivity contribution in [1.82, 2.24) is 0 Å². The van der Waals surface area contributed by atoms with Crippen LogP contribution in [0.5, 0.6) is 0 Å². The third-order valence-electron chi connectivity index (χ3n) is 2.82. The van der Waals surface area contributed by atoms with Crippen LogP contribution < -0.4 is 0 Å². The Kier molecular flexibility index (Phi) is 5.07. The Labute approximate surface area is 130 Å². The minimum atomic E-state index is -0.853. The lowest BCUT2D eigenvalue weighted by Gasteiger charge is -2.07. The second-order valence-corrected chi connectivity index (χ2v) is 5.97. The molecule has 1 aromatic carbocycles. The van der Waals surface area contributed by atoms with Crippen LogP contribution in [0.25, 0.3) is 0 Å². The van der Waals surface area contributed by atoms with Gasteiger partial charge in [-0.25, -0.2) is 9.98 Å². The quantitative estimate of drug-likeness (QED) is 0.896. The summed E-state index contributed by atoms with van der Waals surface area (Å²) in [7, 11) is 0. The predicted molar refractivity (Wildman–Crippen MR) is 84.9 cm³/mol. The van der Waals surface area contributed by atoms with Crippen LogP contribution in [0.15, 0.2) is 28.2 Å². The zero-order valence-electron chi connectivity index (χ0n) is 10.6. The van der Waals surface area contributed by atoms with Crippen molar-refractivity contribution in [3.63, 3.8) is 0 Å². The Morgan fingerprint density at radius 1 is 1.55 bits per heavy atom. The maximum Gasteiger partial charge on any atom is 0.312 e. The number of benzene rings is 1. The second kappa shape index (κ2) is 6.61. The number of amidine groups is 1. The zero-order chi connectivity index (χ0) is 14.7. The summed E-state index contributed by atoms with van der Waals surface area (Å²) >= 11 is 13.3. The average molecular weight is 331 g/mol. The summed E-state index contributed by atoms with van der Waals surface area (Å²) in [4.78, 5) is 19.7. The summed E-state index contributed by atoms with van der Waals surface area (Å²) in [6.07, 6.45) is 0.514. The van der Waals surface area contributed by atoms with Gasteiger partial charge >= 0.3 is 5.97 Å². The van der Waals surface area contributed by atoms with Crippen molar-refractivity contribution in [2.24, 2.45) is 15.9 Å². The molecule has 0 fully saturated rings. The van der Waals surface area contributed by atoms with Crippen molar-refractivity contribution in [1.29, 1.82) is 0 Å². The Hall–Kier alpha value is -1.04. The van der Waals surface area contributed by atoms with Crippen LogP contribution in [0.3, 0.4) is 0 Å². The van der Waals surface area contributed by atoms with Crippen LogP contribution in [-0.4, -0.2) is 27.7 Å². The molecule has 0 bridgehead atoms. The number of carboxylic acids is 1. The highest BCUT2D eigenvalue weighted by atomic mass is 35.5. The molecule has 1 unspecified atom stereocenters. The minimum absolute atomic E-state index is 0.483. The van der Waals surface area contributed by atoms with Crippen molar-refractivity contribution in [2.45, 2.75) is 13.3 Å². The smallest absolute Gasteiger partial charge is 0.312 e. The third kappa shape index (κ3) is 3.53. The maximum absolute atomic E-state index is 11.1. The normalized spacial score (nSPS) is 18.1. The fourth-order valence-electron chi connectivity index (χ4n) is 1.79. The summed E-state index contributed by atoms with van der Waals surface area (Å²) in [5.74, 6) is -0.860. The maximum atomic E-state index is 11.1. The molecule has 0 aliphatic carbocycles. The molecule has 0 amide bonds. The average Bonchev–Trinajstić information content (AvgIpc) is 2.82. The van der Waals surface area contributed by atoms with E-state index in [1.54, 1.807) is 18.2 Å². The van der Waals surface area contributed by atoms with Gasteiger partial charge in [-0.15, -0.1) is 0 Å². The highest BCUT2D eigenvalue weighted by Crippen LogP contribution is 2.31. The molecule has 1 N–H and O–H groups in total. The molecule has 1 aliphatic heterocycles. The number of carbonyl (C=O) groups is 1. The van der Waals surface area contributed by atoms with E-state index in [2.05, 4.69) is 9.98 Å². The SMILES string of the molecule is CCC(C(=O)O)C1=NC(=Nc2cc(Cl)ccc2Cl)SC1. The molecule has 1 atom stereocenters. The molecule has 4 nitrogen and oxygen atoms in total. The number of rotatable bonds is 4. The molecular weight excluding hydrogens is 319 g/mol. The molecule has 0 saturated heterocycles. The fourth-order valence-corrected chi connectivity index (χ4v) is 3.00. The van der Waals surface area contributed by atoms with Crippen LogP contribution in [0, 0.1) is 5.92 Å². The largest absolute Gasteiger partial charge is 0.481 e. The van der Waals surface area contributed by atoms with Crippen LogP contribution >= 0.6 is 35.0 Å². The van der Waals surface area contributed by atoms with Gasteiger partial charge in [0.1, 0.15) is 0 Å². The molecule has 7 heteroatoms. The van der Waals surface area contributed by atoms with Gasteiger partial charge < -0.3 is 5.11 Å². The van der Waals surface area contributed by atoms with Crippen LogP contribution in [0.1, 0.15) is 13.3 Å². The van der Waals surface area contributed by atoms with E-state index in [-0.39, 0.29) is 0 Å². The van der Waals surface area contributed by atoms with Crippen molar-refractivity contribution in [3.8, 4) is 0 Å². The first-order valence-corrected chi connectivity index (χ1v) is 7.72. The van der Waals surface area contributed by atoms with Gasteiger partial charge in [0.2, 0.25) is 0 Å². The van der Waals surface area contributed by atoms with E-state index < -0.39 is 11.9 Å². The van der Waals surface area contributed by atoms with Crippen molar-refractivity contribution in [2.75, 3.05) is 5.75 Å². The Morgan fingerprint density at radius 2 is 2.30 bits per heavy atom. The lowest BCUT2D eigenvalue weighted by Crippen LogP contribution is -2.23. The standard InChI is InChI=1S/C13H12Cl2N2O2S/c1-2-8(12(18)19)11-6-20-13(17-11)16-10-5-7(14)3-4-9(10)15/h3-5,8H,2,6H2,1H3,(H,18,19). The molecule has 20 heavy (non-hydrogen) atoms. The molecule has 1 aliphatic rings. The monoisotopic (exact) mass is 330 g/mol. The Bertz CT molecular complexity index is 602. The number of aliphatic imine (C=N–C) groups is 2. The van der Waals surface area contributed by atoms with E-state index in [1.807, 2.05) is 6.92 Å². The number of carboxylic acid groups (broad SMARTS) is 1. The molecule has 0 spiro atoms. The third-order valence-corrected chi connectivity index (χ3v) is 4.26.